The van der Waals surface area contributed by atoms with Crippen molar-refractivity contribution in [1.29, 1.82) is 0 Å². The van der Waals surface area contributed by atoms with Crippen LogP contribution in [0.5, 0.6) is 0 Å². The van der Waals surface area contributed by atoms with Crippen molar-refractivity contribution in [2.24, 2.45) is 0 Å². The van der Waals surface area contributed by atoms with E-state index in [1.54, 1.807) is 36.4 Å². The van der Waals surface area contributed by atoms with Crippen LogP contribution >= 0.6 is 11.3 Å². The van der Waals surface area contributed by atoms with Crippen LogP contribution < -0.4 is 10.6 Å². The average Bonchev–Trinajstić information content (AvgIpc) is 3.01. The van der Waals surface area contributed by atoms with Gasteiger partial charge in [-0.05, 0) is 42.3 Å². The molecule has 1 aromatic heterocycles. The molecule has 1 heterocycles. The fourth-order valence-electron chi connectivity index (χ4n) is 2.60. The Morgan fingerprint density at radius 1 is 1.04 bits per heavy atom. The van der Waals surface area contributed by atoms with Gasteiger partial charge in [0, 0.05) is 30.3 Å². The number of carbonyl (C=O) groups excluding carboxylic acids is 2. The van der Waals surface area contributed by atoms with Crippen molar-refractivity contribution in [2.75, 3.05) is 5.32 Å². The Bertz CT molecular complexity index is 982. The summed E-state index contributed by atoms with van der Waals surface area (Å²) in [5, 5.41) is 6.07. The predicted molar refractivity (Wildman–Crippen MR) is 108 cm³/mol. The Morgan fingerprint density at radius 3 is 2.32 bits per heavy atom. The Balaban J connectivity index is 1.64. The smallest absolute Gasteiger partial charge is 0.257 e. The Labute approximate surface area is 166 Å². The molecule has 0 radical (unpaired) electrons. The van der Waals surface area contributed by atoms with E-state index in [-0.39, 0.29) is 17.6 Å². The predicted octanol–water partition coefficient (Wildman–Crippen LogP) is 4.07. The van der Waals surface area contributed by atoms with Gasteiger partial charge < -0.3 is 5.32 Å². The van der Waals surface area contributed by atoms with Crippen LogP contribution in [-0.4, -0.2) is 16.8 Å². The van der Waals surface area contributed by atoms with Crippen molar-refractivity contribution in [2.45, 2.75) is 26.8 Å². The van der Waals surface area contributed by atoms with Gasteiger partial charge in [-0.2, -0.15) is 0 Å². The molecule has 3 aromatic rings. The van der Waals surface area contributed by atoms with E-state index in [0.717, 1.165) is 21.7 Å². The molecule has 144 valence electrons. The van der Waals surface area contributed by atoms with Gasteiger partial charge in [0.05, 0.1) is 5.69 Å². The number of hydrogen-bond donors (Lipinski definition) is 2. The van der Waals surface area contributed by atoms with Crippen LogP contribution in [0.25, 0.3) is 0 Å². The highest BCUT2D eigenvalue weighted by Crippen LogP contribution is 2.25. The minimum absolute atomic E-state index is 0.0996. The number of amides is 2. The van der Waals surface area contributed by atoms with E-state index in [9.17, 15) is 14.0 Å². The lowest BCUT2D eigenvalue weighted by atomic mass is 10.1. The van der Waals surface area contributed by atoms with Crippen LogP contribution in [0, 0.1) is 12.7 Å². The summed E-state index contributed by atoms with van der Waals surface area (Å²) in [6.45, 7) is 3.78. The standard InChI is InChI=1S/C21H20FN3O2S/c1-13-19(11-15-5-9-18(22)10-6-15)28-21(24-13)25-20(27)17-7-3-16(4-8-17)12-23-14(2)26/h3-10H,11-12H2,1-2H3,(H,23,26)(H,24,25,27). The molecule has 2 amide bonds. The first kappa shape index (κ1) is 19.7. The monoisotopic (exact) mass is 397 g/mol. The molecule has 0 aliphatic heterocycles. The normalized spacial score (nSPS) is 10.5. The zero-order valence-electron chi connectivity index (χ0n) is 15.6. The summed E-state index contributed by atoms with van der Waals surface area (Å²) in [7, 11) is 0. The third-order valence-electron chi connectivity index (χ3n) is 4.15. The molecule has 0 bridgehead atoms. The first-order valence-corrected chi connectivity index (χ1v) is 9.58. The number of hydrogen-bond acceptors (Lipinski definition) is 4. The van der Waals surface area contributed by atoms with Gasteiger partial charge in [-0.25, -0.2) is 9.37 Å². The summed E-state index contributed by atoms with van der Waals surface area (Å²) in [4.78, 5) is 28.9. The van der Waals surface area contributed by atoms with E-state index >= 15 is 0 Å². The van der Waals surface area contributed by atoms with E-state index in [4.69, 9.17) is 0 Å². The highest BCUT2D eigenvalue weighted by Gasteiger charge is 2.12. The maximum atomic E-state index is 13.0. The van der Waals surface area contributed by atoms with Crippen molar-refractivity contribution in [3.63, 3.8) is 0 Å². The summed E-state index contributed by atoms with van der Waals surface area (Å²) in [5.41, 5.74) is 3.26. The second-order valence-electron chi connectivity index (χ2n) is 6.39. The lowest BCUT2D eigenvalue weighted by Crippen LogP contribution is -2.19. The molecule has 0 spiro atoms. The van der Waals surface area contributed by atoms with E-state index in [1.807, 2.05) is 6.92 Å². The second kappa shape index (κ2) is 8.75. The van der Waals surface area contributed by atoms with Gasteiger partial charge in [0.1, 0.15) is 5.82 Å². The topological polar surface area (TPSA) is 71.1 Å². The second-order valence-corrected chi connectivity index (χ2v) is 7.48. The molecule has 0 fully saturated rings. The van der Waals surface area contributed by atoms with Crippen LogP contribution in [0.2, 0.25) is 0 Å². The SMILES string of the molecule is CC(=O)NCc1ccc(C(=O)Nc2nc(C)c(Cc3ccc(F)cc3)s2)cc1. The number of anilines is 1. The fraction of sp³-hybridized carbons (Fsp3) is 0.190. The molecule has 7 heteroatoms. The summed E-state index contributed by atoms with van der Waals surface area (Å²) < 4.78 is 13.0. The Kier molecular flexibility index (Phi) is 6.16. The third-order valence-corrected chi connectivity index (χ3v) is 5.22. The van der Waals surface area contributed by atoms with Crippen LogP contribution in [-0.2, 0) is 17.8 Å². The van der Waals surface area contributed by atoms with E-state index < -0.39 is 0 Å². The zero-order chi connectivity index (χ0) is 20.1. The number of benzene rings is 2. The molecule has 28 heavy (non-hydrogen) atoms. The van der Waals surface area contributed by atoms with Gasteiger partial charge in [0.15, 0.2) is 5.13 Å². The van der Waals surface area contributed by atoms with E-state index in [1.165, 1.54) is 30.4 Å². The lowest BCUT2D eigenvalue weighted by Gasteiger charge is -2.05. The molecule has 0 saturated heterocycles. The molecule has 3 rings (SSSR count). The number of nitrogens with one attached hydrogen (secondary N) is 2. The van der Waals surface area contributed by atoms with Gasteiger partial charge >= 0.3 is 0 Å². The highest BCUT2D eigenvalue weighted by atomic mass is 32.1. The van der Waals surface area contributed by atoms with Crippen LogP contribution in [0.4, 0.5) is 9.52 Å². The maximum Gasteiger partial charge on any atom is 0.257 e. The quantitative estimate of drug-likeness (QED) is 0.659. The van der Waals surface area contributed by atoms with Crippen molar-refractivity contribution in [3.05, 3.63) is 81.6 Å². The van der Waals surface area contributed by atoms with Crippen molar-refractivity contribution < 1.29 is 14.0 Å². The number of aromatic nitrogens is 1. The summed E-state index contributed by atoms with van der Waals surface area (Å²) in [6.07, 6.45) is 0.636. The van der Waals surface area contributed by atoms with Crippen LogP contribution in [0.1, 0.15) is 39.0 Å². The number of thiazole rings is 1. The van der Waals surface area contributed by atoms with Gasteiger partial charge in [-0.1, -0.05) is 24.3 Å². The van der Waals surface area contributed by atoms with Crippen molar-refractivity contribution in [3.8, 4) is 0 Å². The Morgan fingerprint density at radius 2 is 1.68 bits per heavy atom. The molecule has 5 nitrogen and oxygen atoms in total. The summed E-state index contributed by atoms with van der Waals surface area (Å²) >= 11 is 1.41. The molecule has 0 atom stereocenters. The summed E-state index contributed by atoms with van der Waals surface area (Å²) in [5.74, 6) is -0.605. The van der Waals surface area contributed by atoms with E-state index in [0.29, 0.717) is 23.7 Å². The first-order valence-electron chi connectivity index (χ1n) is 8.76. The number of aryl methyl sites for hydroxylation is 1. The van der Waals surface area contributed by atoms with Crippen molar-refractivity contribution >= 4 is 28.3 Å². The van der Waals surface area contributed by atoms with Gasteiger partial charge in [0.25, 0.3) is 5.91 Å². The molecule has 2 aromatic carbocycles. The lowest BCUT2D eigenvalue weighted by molar-refractivity contribution is -0.119. The van der Waals surface area contributed by atoms with Crippen molar-refractivity contribution in [1.82, 2.24) is 10.3 Å². The van der Waals surface area contributed by atoms with E-state index in [2.05, 4.69) is 15.6 Å². The molecular weight excluding hydrogens is 377 g/mol. The molecule has 0 aliphatic rings. The van der Waals surface area contributed by atoms with Gasteiger partial charge in [0.2, 0.25) is 5.91 Å². The minimum Gasteiger partial charge on any atom is -0.352 e. The fourth-order valence-corrected chi connectivity index (χ4v) is 3.59. The van der Waals surface area contributed by atoms with Gasteiger partial charge in [-0.15, -0.1) is 11.3 Å². The summed E-state index contributed by atoms with van der Waals surface area (Å²) in [6, 6.07) is 13.4. The molecule has 0 aliphatic carbocycles. The molecule has 0 saturated carbocycles. The third kappa shape index (κ3) is 5.23. The average molecular weight is 397 g/mol. The number of halogens is 1. The largest absolute Gasteiger partial charge is 0.352 e. The minimum atomic E-state index is -0.263. The first-order chi connectivity index (χ1) is 13.4. The number of carbonyl (C=O) groups is 2. The molecule has 0 unspecified atom stereocenters. The van der Waals surface area contributed by atoms with Crippen LogP contribution in [0.15, 0.2) is 48.5 Å². The zero-order valence-corrected chi connectivity index (χ0v) is 16.4. The highest BCUT2D eigenvalue weighted by molar-refractivity contribution is 7.15. The number of rotatable bonds is 6. The molecular formula is C21H20FN3O2S. The van der Waals surface area contributed by atoms with Crippen LogP contribution in [0.3, 0.4) is 0 Å². The molecule has 2 N–H and O–H groups in total. The maximum absolute atomic E-state index is 13.0. The Hall–Kier alpha value is -3.06. The number of nitrogens with zero attached hydrogens (tertiary/aromatic N) is 1. The van der Waals surface area contributed by atoms with Gasteiger partial charge in [-0.3, -0.25) is 14.9 Å².